The first-order valence-electron chi connectivity index (χ1n) is 7.00. The van der Waals surface area contributed by atoms with Crippen LogP contribution in [-0.2, 0) is 4.74 Å². The summed E-state index contributed by atoms with van der Waals surface area (Å²) in [5, 5.41) is 0. The lowest BCUT2D eigenvalue weighted by molar-refractivity contribution is 0.0587. The van der Waals surface area contributed by atoms with Crippen LogP contribution in [0.2, 0.25) is 0 Å². The van der Waals surface area contributed by atoms with Crippen molar-refractivity contribution >= 4 is 5.97 Å². The minimum absolute atomic E-state index is 0.353. The Hall–Kier alpha value is -1.68. The van der Waals surface area contributed by atoms with Gasteiger partial charge in [-0.05, 0) is 62.7 Å². The van der Waals surface area contributed by atoms with Gasteiger partial charge in [-0.25, -0.2) is 9.18 Å². The molecule has 1 aromatic carbocycles. The molecule has 2 unspecified atom stereocenters. The molecule has 1 fully saturated rings. The van der Waals surface area contributed by atoms with E-state index in [1.165, 1.54) is 30.7 Å². The molecule has 1 aliphatic carbocycles. The second kappa shape index (κ2) is 5.37. The topological polar surface area (TPSA) is 29.5 Å². The Bertz CT molecular complexity index is 538. The zero-order valence-electron chi connectivity index (χ0n) is 11.5. The first-order valence-corrected chi connectivity index (χ1v) is 7.00. The van der Waals surface area contributed by atoms with Gasteiger partial charge in [0.05, 0.1) is 5.56 Å². The van der Waals surface area contributed by atoms with Crippen molar-refractivity contribution in [1.29, 1.82) is 0 Å². The zero-order valence-corrected chi connectivity index (χ0v) is 11.5. The van der Waals surface area contributed by atoms with Crippen LogP contribution < -0.4 is 0 Å². The fraction of sp³-hybridized carbons (Fsp3) is 0.438. The number of carbonyl (C=O) groups is 1. The van der Waals surface area contributed by atoms with E-state index in [0.717, 1.165) is 25.1 Å². The Labute approximate surface area is 118 Å². The first kappa shape index (κ1) is 13.3. The van der Waals surface area contributed by atoms with E-state index in [1.54, 1.807) is 0 Å². The Morgan fingerprint density at radius 3 is 2.85 bits per heavy atom. The third kappa shape index (κ3) is 2.61. The predicted molar refractivity (Wildman–Crippen MR) is 73.7 cm³/mol. The number of halogens is 1. The molecule has 0 bridgehead atoms. The van der Waals surface area contributed by atoms with E-state index in [4.69, 9.17) is 4.74 Å². The standard InChI is InChI=1S/C16H18FNO2/c1-18-9-8-11-4-7-14(10-15(11)18)20-16(19)12-2-5-13(17)6-3-12/h2-3,5-7,11,15H,4,8-10H2,1H3. The minimum Gasteiger partial charge on any atom is -0.428 e. The number of hydrogen-bond acceptors (Lipinski definition) is 3. The second-order valence-corrected chi connectivity index (χ2v) is 5.60. The molecule has 0 N–H and O–H groups in total. The predicted octanol–water partition coefficient (Wildman–Crippen LogP) is 2.98. The van der Waals surface area contributed by atoms with E-state index in [0.29, 0.717) is 17.5 Å². The molecule has 0 spiro atoms. The van der Waals surface area contributed by atoms with E-state index in [9.17, 15) is 9.18 Å². The van der Waals surface area contributed by atoms with Crippen molar-refractivity contribution in [3.63, 3.8) is 0 Å². The molecule has 1 heterocycles. The molecule has 2 atom stereocenters. The van der Waals surface area contributed by atoms with Crippen LogP contribution >= 0.6 is 0 Å². The molecule has 20 heavy (non-hydrogen) atoms. The Kier molecular flexibility index (Phi) is 3.57. The molecule has 1 aliphatic heterocycles. The molecule has 4 heteroatoms. The van der Waals surface area contributed by atoms with Gasteiger partial charge >= 0.3 is 5.97 Å². The summed E-state index contributed by atoms with van der Waals surface area (Å²) in [7, 11) is 2.12. The summed E-state index contributed by atoms with van der Waals surface area (Å²) >= 11 is 0. The lowest BCUT2D eigenvalue weighted by Gasteiger charge is -2.28. The number of likely N-dealkylation sites (tertiary alicyclic amines) is 1. The van der Waals surface area contributed by atoms with Gasteiger partial charge in [0.25, 0.3) is 0 Å². The van der Waals surface area contributed by atoms with Crippen molar-refractivity contribution in [3.05, 3.63) is 47.5 Å². The summed E-state index contributed by atoms with van der Waals surface area (Å²) < 4.78 is 18.3. The highest BCUT2D eigenvalue weighted by Gasteiger charge is 2.35. The Morgan fingerprint density at radius 1 is 1.35 bits per heavy atom. The van der Waals surface area contributed by atoms with Crippen LogP contribution in [-0.4, -0.2) is 30.5 Å². The molecule has 2 aliphatic rings. The summed E-state index contributed by atoms with van der Waals surface area (Å²) in [6.07, 6.45) is 5.01. The van der Waals surface area contributed by atoms with Crippen LogP contribution in [0, 0.1) is 11.7 Å². The molecule has 1 saturated heterocycles. The second-order valence-electron chi connectivity index (χ2n) is 5.60. The van der Waals surface area contributed by atoms with Crippen molar-refractivity contribution in [3.8, 4) is 0 Å². The SMILES string of the molecule is CN1CCC2CC=C(OC(=O)c3ccc(F)cc3)CC21. The van der Waals surface area contributed by atoms with Crippen molar-refractivity contribution in [2.75, 3.05) is 13.6 Å². The number of esters is 1. The van der Waals surface area contributed by atoms with Gasteiger partial charge in [-0.1, -0.05) is 0 Å². The summed E-state index contributed by atoms with van der Waals surface area (Å²) in [6.45, 7) is 1.11. The molecular weight excluding hydrogens is 257 g/mol. The summed E-state index contributed by atoms with van der Waals surface area (Å²) in [5.41, 5.74) is 0.384. The van der Waals surface area contributed by atoms with Gasteiger partial charge in [0.2, 0.25) is 0 Å². The highest BCUT2D eigenvalue weighted by molar-refractivity contribution is 5.90. The van der Waals surface area contributed by atoms with Crippen LogP contribution in [0.3, 0.4) is 0 Å². The number of benzene rings is 1. The third-order valence-electron chi connectivity index (χ3n) is 4.33. The summed E-state index contributed by atoms with van der Waals surface area (Å²) in [4.78, 5) is 14.3. The average Bonchev–Trinajstić information content (AvgIpc) is 2.81. The van der Waals surface area contributed by atoms with E-state index < -0.39 is 5.97 Å². The molecule has 0 amide bonds. The largest absolute Gasteiger partial charge is 0.428 e. The van der Waals surface area contributed by atoms with Gasteiger partial charge in [-0.3, -0.25) is 0 Å². The van der Waals surface area contributed by atoms with Crippen LogP contribution in [0.4, 0.5) is 4.39 Å². The number of allylic oxidation sites excluding steroid dienone is 1. The zero-order chi connectivity index (χ0) is 14.1. The average molecular weight is 275 g/mol. The number of hydrogen-bond donors (Lipinski definition) is 0. The number of nitrogens with zero attached hydrogens (tertiary/aromatic N) is 1. The highest BCUT2D eigenvalue weighted by Crippen LogP contribution is 2.35. The smallest absolute Gasteiger partial charge is 0.343 e. The van der Waals surface area contributed by atoms with Crippen LogP contribution in [0.15, 0.2) is 36.1 Å². The normalized spacial score (nSPS) is 26.0. The van der Waals surface area contributed by atoms with Gasteiger partial charge in [0, 0.05) is 12.5 Å². The molecular formula is C16H18FNO2. The van der Waals surface area contributed by atoms with Gasteiger partial charge in [0.15, 0.2) is 0 Å². The van der Waals surface area contributed by atoms with Gasteiger partial charge in [-0.2, -0.15) is 0 Å². The quantitative estimate of drug-likeness (QED) is 0.777. The fourth-order valence-corrected chi connectivity index (χ4v) is 3.10. The minimum atomic E-state index is -0.407. The molecule has 3 nitrogen and oxygen atoms in total. The van der Waals surface area contributed by atoms with Crippen LogP contribution in [0.5, 0.6) is 0 Å². The maximum Gasteiger partial charge on any atom is 0.343 e. The van der Waals surface area contributed by atoms with Crippen LogP contribution in [0.25, 0.3) is 0 Å². The maximum atomic E-state index is 12.8. The molecule has 0 saturated carbocycles. The fourth-order valence-electron chi connectivity index (χ4n) is 3.10. The lowest BCUT2D eigenvalue weighted by Crippen LogP contribution is -2.32. The number of rotatable bonds is 2. The van der Waals surface area contributed by atoms with Gasteiger partial charge < -0.3 is 9.64 Å². The third-order valence-corrected chi connectivity index (χ3v) is 4.33. The van der Waals surface area contributed by atoms with Crippen molar-refractivity contribution in [2.24, 2.45) is 5.92 Å². The number of ether oxygens (including phenoxy) is 1. The summed E-state index contributed by atoms with van der Waals surface area (Å²) in [6, 6.07) is 5.92. The van der Waals surface area contributed by atoms with E-state index in [-0.39, 0.29) is 5.82 Å². The maximum absolute atomic E-state index is 12.8. The van der Waals surface area contributed by atoms with Crippen molar-refractivity contribution < 1.29 is 13.9 Å². The molecule has 0 radical (unpaired) electrons. The van der Waals surface area contributed by atoms with E-state index >= 15 is 0 Å². The highest BCUT2D eigenvalue weighted by atomic mass is 19.1. The van der Waals surface area contributed by atoms with Crippen molar-refractivity contribution in [2.45, 2.75) is 25.3 Å². The first-order chi connectivity index (χ1) is 9.63. The summed E-state index contributed by atoms with van der Waals surface area (Å²) in [5.74, 6) is 0.673. The Morgan fingerprint density at radius 2 is 2.10 bits per heavy atom. The Balaban J connectivity index is 1.66. The van der Waals surface area contributed by atoms with Crippen molar-refractivity contribution in [1.82, 2.24) is 4.90 Å². The van der Waals surface area contributed by atoms with E-state index in [1.807, 2.05) is 6.08 Å². The number of fused-ring (bicyclic) bond motifs is 1. The number of carbonyl (C=O) groups excluding carboxylic acids is 1. The van der Waals surface area contributed by atoms with Gasteiger partial charge in [-0.15, -0.1) is 0 Å². The monoisotopic (exact) mass is 275 g/mol. The van der Waals surface area contributed by atoms with E-state index in [2.05, 4.69) is 11.9 Å². The molecule has 3 rings (SSSR count). The van der Waals surface area contributed by atoms with Gasteiger partial charge in [0.1, 0.15) is 11.6 Å². The molecule has 1 aromatic rings. The molecule has 106 valence electrons. The van der Waals surface area contributed by atoms with Crippen LogP contribution in [0.1, 0.15) is 29.6 Å². The molecule has 0 aromatic heterocycles. The lowest BCUT2D eigenvalue weighted by atomic mass is 9.89.